The first-order valence-corrected chi connectivity index (χ1v) is 10.1. The molecule has 148 valence electrons. The minimum absolute atomic E-state index is 0.123. The summed E-state index contributed by atoms with van der Waals surface area (Å²) in [6.07, 6.45) is 5.01. The van der Waals surface area contributed by atoms with Crippen LogP contribution in [0.5, 0.6) is 0 Å². The predicted molar refractivity (Wildman–Crippen MR) is 107 cm³/mol. The van der Waals surface area contributed by atoms with E-state index in [1.54, 1.807) is 17.0 Å². The number of rotatable bonds is 3. The molecule has 2 aliphatic rings. The number of carbonyl (C=O) groups excluding carboxylic acids is 1. The van der Waals surface area contributed by atoms with Crippen molar-refractivity contribution in [3.63, 3.8) is 0 Å². The highest BCUT2D eigenvalue weighted by Crippen LogP contribution is 2.20. The molecule has 2 aromatic rings. The van der Waals surface area contributed by atoms with Gasteiger partial charge in [-0.25, -0.2) is 4.39 Å². The number of anilines is 2. The molecular weight excluding hydrogens is 357 g/mol. The normalized spacial score (nSPS) is 18.1. The second kappa shape index (κ2) is 8.54. The number of halogens is 1. The van der Waals surface area contributed by atoms with Crippen LogP contribution in [-0.2, 0) is 0 Å². The number of hydrogen-bond acceptors (Lipinski definition) is 5. The van der Waals surface area contributed by atoms with Crippen LogP contribution in [0.1, 0.15) is 36.0 Å². The molecule has 6 nitrogen and oxygen atoms in total. The maximum absolute atomic E-state index is 13.4. The highest BCUT2D eigenvalue weighted by Gasteiger charge is 2.23. The molecule has 0 aliphatic carbocycles. The van der Waals surface area contributed by atoms with Crippen molar-refractivity contribution in [2.45, 2.75) is 25.7 Å². The van der Waals surface area contributed by atoms with Crippen molar-refractivity contribution >= 4 is 17.5 Å². The molecule has 0 bridgehead atoms. The molecule has 28 heavy (non-hydrogen) atoms. The fourth-order valence-corrected chi connectivity index (χ4v) is 3.90. The first-order chi connectivity index (χ1) is 13.7. The Labute approximate surface area is 165 Å². The first kappa shape index (κ1) is 18.7. The lowest BCUT2D eigenvalue weighted by atomic mass is 10.1. The van der Waals surface area contributed by atoms with Gasteiger partial charge in [0.2, 0.25) is 0 Å². The third kappa shape index (κ3) is 4.24. The Bertz CT molecular complexity index is 797. The molecular formula is C21H26FN5O. The molecule has 7 heteroatoms. The molecule has 1 amide bonds. The molecule has 1 aromatic carbocycles. The molecule has 0 unspecified atom stereocenters. The highest BCUT2D eigenvalue weighted by molar-refractivity contribution is 5.94. The molecule has 0 N–H and O–H groups in total. The lowest BCUT2D eigenvalue weighted by Crippen LogP contribution is -2.49. The smallest absolute Gasteiger partial charge is 0.254 e. The van der Waals surface area contributed by atoms with Gasteiger partial charge in [-0.15, -0.1) is 10.2 Å². The summed E-state index contributed by atoms with van der Waals surface area (Å²) < 4.78 is 13.4. The van der Waals surface area contributed by atoms with Crippen molar-refractivity contribution in [2.24, 2.45) is 0 Å². The molecule has 2 saturated heterocycles. The largest absolute Gasteiger partial charge is 0.355 e. The van der Waals surface area contributed by atoms with Gasteiger partial charge in [0, 0.05) is 44.8 Å². The maximum atomic E-state index is 13.4. The van der Waals surface area contributed by atoms with Crippen LogP contribution in [0.25, 0.3) is 0 Å². The Morgan fingerprint density at radius 2 is 1.39 bits per heavy atom. The van der Waals surface area contributed by atoms with E-state index in [-0.39, 0.29) is 11.7 Å². The zero-order valence-corrected chi connectivity index (χ0v) is 16.1. The molecule has 2 aliphatic heterocycles. The molecule has 2 fully saturated rings. The summed E-state index contributed by atoms with van der Waals surface area (Å²) in [5, 5.41) is 8.87. The Morgan fingerprint density at radius 3 is 1.96 bits per heavy atom. The zero-order valence-electron chi connectivity index (χ0n) is 16.1. The fourth-order valence-electron chi connectivity index (χ4n) is 3.90. The van der Waals surface area contributed by atoms with Gasteiger partial charge in [-0.05, 0) is 43.2 Å². The fraction of sp³-hybridized carbons (Fsp3) is 0.476. The van der Waals surface area contributed by atoms with E-state index in [4.69, 9.17) is 0 Å². The summed E-state index contributed by atoms with van der Waals surface area (Å²) in [6, 6.07) is 9.95. The van der Waals surface area contributed by atoms with E-state index in [9.17, 15) is 9.18 Å². The van der Waals surface area contributed by atoms with Gasteiger partial charge >= 0.3 is 0 Å². The van der Waals surface area contributed by atoms with Gasteiger partial charge in [0.05, 0.1) is 0 Å². The number of hydrogen-bond donors (Lipinski definition) is 0. The van der Waals surface area contributed by atoms with E-state index >= 15 is 0 Å². The predicted octanol–water partition coefficient (Wildman–Crippen LogP) is 2.96. The second-order valence-corrected chi connectivity index (χ2v) is 7.44. The Morgan fingerprint density at radius 1 is 0.786 bits per heavy atom. The molecule has 1 aromatic heterocycles. The van der Waals surface area contributed by atoms with Gasteiger partial charge in [0.1, 0.15) is 5.82 Å². The standard InChI is InChI=1S/C21H26FN5O/c22-18-7-5-6-17(16-18)21(28)27-14-12-26(13-15-27)20-9-8-19(23-24-20)25-10-3-1-2-4-11-25/h5-9,16H,1-4,10-15H2. The van der Waals surface area contributed by atoms with Crippen LogP contribution in [0.2, 0.25) is 0 Å². The number of amides is 1. The first-order valence-electron chi connectivity index (χ1n) is 10.1. The van der Waals surface area contributed by atoms with E-state index in [1.807, 2.05) is 6.07 Å². The number of benzene rings is 1. The van der Waals surface area contributed by atoms with Gasteiger partial charge in [-0.2, -0.15) is 0 Å². The topological polar surface area (TPSA) is 52.6 Å². The van der Waals surface area contributed by atoms with E-state index in [2.05, 4.69) is 26.1 Å². The molecule has 0 spiro atoms. The van der Waals surface area contributed by atoms with E-state index in [0.29, 0.717) is 31.7 Å². The summed E-state index contributed by atoms with van der Waals surface area (Å²) in [5.74, 6) is 1.29. The summed E-state index contributed by atoms with van der Waals surface area (Å²) in [7, 11) is 0. The van der Waals surface area contributed by atoms with Gasteiger partial charge in [-0.3, -0.25) is 4.79 Å². The van der Waals surface area contributed by atoms with Crippen molar-refractivity contribution in [1.29, 1.82) is 0 Å². The molecule has 4 rings (SSSR count). The van der Waals surface area contributed by atoms with Crippen LogP contribution in [-0.4, -0.2) is 60.3 Å². The van der Waals surface area contributed by atoms with Crippen molar-refractivity contribution in [3.8, 4) is 0 Å². The number of carbonyl (C=O) groups is 1. The number of nitrogens with zero attached hydrogens (tertiary/aromatic N) is 5. The minimum Gasteiger partial charge on any atom is -0.355 e. The Hall–Kier alpha value is -2.70. The van der Waals surface area contributed by atoms with E-state index in [0.717, 1.165) is 24.7 Å². The zero-order chi connectivity index (χ0) is 19.3. The third-order valence-electron chi connectivity index (χ3n) is 5.53. The highest BCUT2D eigenvalue weighted by atomic mass is 19.1. The summed E-state index contributed by atoms with van der Waals surface area (Å²) in [6.45, 7) is 4.66. The SMILES string of the molecule is O=C(c1cccc(F)c1)N1CCN(c2ccc(N3CCCCCC3)nn2)CC1. The van der Waals surface area contributed by atoms with Crippen LogP contribution in [0.15, 0.2) is 36.4 Å². The van der Waals surface area contributed by atoms with Gasteiger partial charge in [-0.1, -0.05) is 18.9 Å². The van der Waals surface area contributed by atoms with Crippen molar-refractivity contribution in [3.05, 3.63) is 47.8 Å². The van der Waals surface area contributed by atoms with Crippen LogP contribution in [0, 0.1) is 5.82 Å². The summed E-state index contributed by atoms with van der Waals surface area (Å²) >= 11 is 0. The number of piperazine rings is 1. The maximum Gasteiger partial charge on any atom is 0.254 e. The lowest BCUT2D eigenvalue weighted by Gasteiger charge is -2.35. The number of aromatic nitrogens is 2. The van der Waals surface area contributed by atoms with Gasteiger partial charge in [0.15, 0.2) is 11.6 Å². The van der Waals surface area contributed by atoms with Gasteiger partial charge < -0.3 is 14.7 Å². The average molecular weight is 383 g/mol. The Kier molecular flexibility index (Phi) is 5.69. The monoisotopic (exact) mass is 383 g/mol. The van der Waals surface area contributed by atoms with E-state index < -0.39 is 0 Å². The van der Waals surface area contributed by atoms with Crippen molar-refractivity contribution in [1.82, 2.24) is 15.1 Å². The summed E-state index contributed by atoms with van der Waals surface area (Å²) in [4.78, 5) is 18.8. The second-order valence-electron chi connectivity index (χ2n) is 7.44. The van der Waals surface area contributed by atoms with E-state index in [1.165, 1.54) is 37.8 Å². The molecule has 0 saturated carbocycles. The third-order valence-corrected chi connectivity index (χ3v) is 5.53. The van der Waals surface area contributed by atoms with Crippen molar-refractivity contribution < 1.29 is 9.18 Å². The van der Waals surface area contributed by atoms with Crippen LogP contribution >= 0.6 is 0 Å². The summed E-state index contributed by atoms with van der Waals surface area (Å²) in [5.41, 5.74) is 0.398. The Balaban J connectivity index is 1.35. The van der Waals surface area contributed by atoms with Crippen LogP contribution in [0.3, 0.4) is 0 Å². The molecule has 3 heterocycles. The molecule has 0 atom stereocenters. The molecule has 0 radical (unpaired) electrons. The van der Waals surface area contributed by atoms with Crippen LogP contribution < -0.4 is 9.80 Å². The quantitative estimate of drug-likeness (QED) is 0.816. The minimum atomic E-state index is -0.385. The average Bonchev–Trinajstić information content (AvgIpc) is 3.03. The lowest BCUT2D eigenvalue weighted by molar-refractivity contribution is 0.0746. The van der Waals surface area contributed by atoms with Crippen molar-refractivity contribution in [2.75, 3.05) is 49.1 Å². The van der Waals surface area contributed by atoms with Crippen LogP contribution in [0.4, 0.5) is 16.0 Å². The van der Waals surface area contributed by atoms with Gasteiger partial charge in [0.25, 0.3) is 5.91 Å².